The van der Waals surface area contributed by atoms with E-state index in [2.05, 4.69) is 31.5 Å². The maximum Gasteiger partial charge on any atom is 0.251 e. The molecule has 0 aliphatic heterocycles. The van der Waals surface area contributed by atoms with Gasteiger partial charge in [-0.2, -0.15) is 0 Å². The lowest BCUT2D eigenvalue weighted by atomic mass is 10.2. The third-order valence-electron chi connectivity index (χ3n) is 3.20. The Hall–Kier alpha value is -2.54. The number of rotatable bonds is 7. The molecule has 25 heavy (non-hydrogen) atoms. The monoisotopic (exact) mass is 405 g/mol. The molecule has 1 aromatic carbocycles. The van der Waals surface area contributed by atoms with Gasteiger partial charge in [-0.3, -0.25) is 14.6 Å². The molecular formula is C18H17BrFN3O2. The Morgan fingerprint density at radius 3 is 2.56 bits per heavy atom. The molecular weight excluding hydrogens is 389 g/mol. The third-order valence-corrected chi connectivity index (χ3v) is 3.73. The summed E-state index contributed by atoms with van der Waals surface area (Å²) in [5.41, 5.74) is 1.09. The number of benzene rings is 1. The molecule has 0 radical (unpaired) electrons. The van der Waals surface area contributed by atoms with Gasteiger partial charge < -0.3 is 10.6 Å². The Balaban J connectivity index is 1.64. The van der Waals surface area contributed by atoms with Crippen molar-refractivity contribution in [2.45, 2.75) is 6.42 Å². The summed E-state index contributed by atoms with van der Waals surface area (Å²) in [6.07, 6.45) is 5.96. The van der Waals surface area contributed by atoms with E-state index in [1.807, 2.05) is 0 Å². The Kier molecular flexibility index (Phi) is 7.28. The van der Waals surface area contributed by atoms with Gasteiger partial charge in [0.25, 0.3) is 5.91 Å². The molecule has 0 aliphatic rings. The van der Waals surface area contributed by atoms with Crippen LogP contribution in [0.25, 0.3) is 6.08 Å². The fraction of sp³-hybridized carbons (Fsp3) is 0.167. The van der Waals surface area contributed by atoms with Crippen LogP contribution in [0.1, 0.15) is 22.3 Å². The summed E-state index contributed by atoms with van der Waals surface area (Å²) in [4.78, 5) is 27.2. The highest BCUT2D eigenvalue weighted by Crippen LogP contribution is 2.10. The van der Waals surface area contributed by atoms with Gasteiger partial charge >= 0.3 is 0 Å². The number of pyridine rings is 1. The van der Waals surface area contributed by atoms with Crippen molar-refractivity contribution in [3.8, 4) is 0 Å². The van der Waals surface area contributed by atoms with Gasteiger partial charge in [0.1, 0.15) is 5.82 Å². The van der Waals surface area contributed by atoms with Gasteiger partial charge in [-0.1, -0.05) is 15.9 Å². The van der Waals surface area contributed by atoms with E-state index >= 15 is 0 Å². The minimum atomic E-state index is -0.455. The topological polar surface area (TPSA) is 71.1 Å². The van der Waals surface area contributed by atoms with Crippen molar-refractivity contribution >= 4 is 33.8 Å². The van der Waals surface area contributed by atoms with Crippen molar-refractivity contribution in [1.29, 1.82) is 0 Å². The molecule has 130 valence electrons. The molecule has 5 nitrogen and oxygen atoms in total. The molecule has 1 aromatic heterocycles. The summed E-state index contributed by atoms with van der Waals surface area (Å²) in [5.74, 6) is -0.898. The highest BCUT2D eigenvalue weighted by atomic mass is 79.9. The van der Waals surface area contributed by atoms with Crippen molar-refractivity contribution in [1.82, 2.24) is 15.6 Å². The van der Waals surface area contributed by atoms with Crippen molar-refractivity contribution in [3.05, 3.63) is 70.2 Å². The zero-order chi connectivity index (χ0) is 18.1. The Bertz CT molecular complexity index is 763. The number of halogens is 2. The maximum atomic E-state index is 13.0. The maximum absolute atomic E-state index is 13.0. The van der Waals surface area contributed by atoms with Crippen LogP contribution >= 0.6 is 15.9 Å². The Labute approximate surface area is 153 Å². The molecule has 0 atom stereocenters. The van der Waals surface area contributed by atoms with Crippen LogP contribution < -0.4 is 10.6 Å². The summed E-state index contributed by atoms with van der Waals surface area (Å²) < 4.78 is 13.9. The van der Waals surface area contributed by atoms with Crippen LogP contribution in [-0.4, -0.2) is 29.9 Å². The van der Waals surface area contributed by atoms with Crippen LogP contribution in [0.5, 0.6) is 0 Å². The van der Waals surface area contributed by atoms with E-state index in [-0.39, 0.29) is 11.8 Å². The first-order valence-electron chi connectivity index (χ1n) is 7.65. The van der Waals surface area contributed by atoms with E-state index < -0.39 is 5.82 Å². The molecule has 2 aromatic rings. The van der Waals surface area contributed by atoms with Gasteiger partial charge in [-0.05, 0) is 48.4 Å². The first kappa shape index (κ1) is 18.8. The molecule has 2 rings (SSSR count). The van der Waals surface area contributed by atoms with Crippen molar-refractivity contribution in [2.75, 3.05) is 13.1 Å². The highest BCUT2D eigenvalue weighted by Gasteiger charge is 2.04. The summed E-state index contributed by atoms with van der Waals surface area (Å²) in [6.45, 7) is 0.873. The number of nitrogens with one attached hydrogen (secondary N) is 2. The molecule has 0 aliphatic carbocycles. The lowest BCUT2D eigenvalue weighted by molar-refractivity contribution is -0.116. The first-order valence-corrected chi connectivity index (χ1v) is 8.44. The molecule has 0 unspecified atom stereocenters. The molecule has 0 saturated heterocycles. The highest BCUT2D eigenvalue weighted by molar-refractivity contribution is 9.10. The van der Waals surface area contributed by atoms with Crippen LogP contribution in [0.3, 0.4) is 0 Å². The summed E-state index contributed by atoms with van der Waals surface area (Å²) in [6, 6.07) is 8.35. The Morgan fingerprint density at radius 1 is 1.12 bits per heavy atom. The first-order chi connectivity index (χ1) is 12.0. The number of hydrogen-bond donors (Lipinski definition) is 2. The lowest BCUT2D eigenvalue weighted by Crippen LogP contribution is -2.29. The van der Waals surface area contributed by atoms with Crippen LogP contribution in [-0.2, 0) is 4.79 Å². The minimum absolute atomic E-state index is 0.155. The van der Waals surface area contributed by atoms with E-state index in [0.29, 0.717) is 30.6 Å². The molecule has 1 heterocycles. The zero-order valence-electron chi connectivity index (χ0n) is 13.3. The molecule has 7 heteroatoms. The van der Waals surface area contributed by atoms with Gasteiger partial charge in [0, 0.05) is 35.4 Å². The minimum Gasteiger partial charge on any atom is -0.352 e. The normalized spacial score (nSPS) is 10.6. The second kappa shape index (κ2) is 9.68. The molecule has 0 fully saturated rings. The van der Waals surface area contributed by atoms with Gasteiger partial charge in [0.15, 0.2) is 0 Å². The summed E-state index contributed by atoms with van der Waals surface area (Å²) in [5, 5.41) is 5.47. The number of amides is 2. The van der Waals surface area contributed by atoms with Gasteiger partial charge in [0.05, 0.1) is 6.20 Å². The largest absolute Gasteiger partial charge is 0.352 e. The predicted molar refractivity (Wildman–Crippen MR) is 97.3 cm³/mol. The van der Waals surface area contributed by atoms with E-state index in [1.54, 1.807) is 24.3 Å². The van der Waals surface area contributed by atoms with Gasteiger partial charge in [0.2, 0.25) is 5.91 Å². The third kappa shape index (κ3) is 6.84. The van der Waals surface area contributed by atoms with Gasteiger partial charge in [-0.25, -0.2) is 4.39 Å². The van der Waals surface area contributed by atoms with Crippen LogP contribution in [0.4, 0.5) is 4.39 Å². The quantitative estimate of drug-likeness (QED) is 0.549. The van der Waals surface area contributed by atoms with Crippen molar-refractivity contribution in [3.63, 3.8) is 0 Å². The van der Waals surface area contributed by atoms with E-state index in [9.17, 15) is 14.0 Å². The molecule has 0 spiro atoms. The van der Waals surface area contributed by atoms with Crippen LogP contribution in [0.15, 0.2) is 53.3 Å². The smallest absolute Gasteiger partial charge is 0.251 e. The van der Waals surface area contributed by atoms with Crippen LogP contribution in [0.2, 0.25) is 0 Å². The summed E-state index contributed by atoms with van der Waals surface area (Å²) >= 11 is 3.31. The number of nitrogens with zero attached hydrogens (tertiary/aromatic N) is 1. The zero-order valence-corrected chi connectivity index (χ0v) is 14.9. The van der Waals surface area contributed by atoms with Crippen LogP contribution in [0, 0.1) is 5.82 Å². The second-order valence-electron chi connectivity index (χ2n) is 5.18. The molecule has 2 amide bonds. The van der Waals surface area contributed by atoms with Crippen molar-refractivity contribution < 1.29 is 14.0 Å². The van der Waals surface area contributed by atoms with Crippen molar-refractivity contribution in [2.24, 2.45) is 0 Å². The standard InChI is InChI=1S/C18H17BrFN3O2/c19-15-5-3-14(4-6-15)18(25)23-9-1-8-22-17(24)7-2-13-10-16(20)12-21-11-13/h2-7,10-12H,1,8-9H2,(H,22,24)(H,23,25)/b7-2+. The Morgan fingerprint density at radius 2 is 1.84 bits per heavy atom. The predicted octanol–water partition coefficient (Wildman–Crippen LogP) is 2.93. The molecule has 0 saturated carbocycles. The SMILES string of the molecule is O=C(/C=C/c1cncc(F)c1)NCCCNC(=O)c1ccc(Br)cc1. The number of carbonyl (C=O) groups is 2. The average Bonchev–Trinajstić information content (AvgIpc) is 2.60. The van der Waals surface area contributed by atoms with E-state index in [0.717, 1.165) is 10.7 Å². The lowest BCUT2D eigenvalue weighted by Gasteiger charge is -2.06. The number of aromatic nitrogens is 1. The average molecular weight is 406 g/mol. The fourth-order valence-electron chi connectivity index (χ4n) is 1.96. The summed E-state index contributed by atoms with van der Waals surface area (Å²) in [7, 11) is 0. The second-order valence-corrected chi connectivity index (χ2v) is 6.09. The van der Waals surface area contributed by atoms with Gasteiger partial charge in [-0.15, -0.1) is 0 Å². The number of hydrogen-bond acceptors (Lipinski definition) is 3. The molecule has 2 N–H and O–H groups in total. The number of carbonyl (C=O) groups excluding carboxylic acids is 2. The fourth-order valence-corrected chi connectivity index (χ4v) is 2.22. The van der Waals surface area contributed by atoms with E-state index in [4.69, 9.17) is 0 Å². The van der Waals surface area contributed by atoms with E-state index in [1.165, 1.54) is 24.4 Å². The molecule has 0 bridgehead atoms.